The van der Waals surface area contributed by atoms with E-state index in [0.29, 0.717) is 6.61 Å². The summed E-state index contributed by atoms with van der Waals surface area (Å²) in [5, 5.41) is 2.64. The van der Waals surface area contributed by atoms with Crippen molar-refractivity contribution in [1.29, 1.82) is 0 Å². The first kappa shape index (κ1) is 14.4. The van der Waals surface area contributed by atoms with Crippen LogP contribution in [0.5, 0.6) is 5.75 Å². The van der Waals surface area contributed by atoms with E-state index in [4.69, 9.17) is 4.74 Å². The van der Waals surface area contributed by atoms with Crippen LogP contribution < -0.4 is 15.0 Å². The van der Waals surface area contributed by atoms with Crippen molar-refractivity contribution in [1.82, 2.24) is 5.32 Å². The van der Waals surface area contributed by atoms with Gasteiger partial charge < -0.3 is 10.1 Å². The molecule has 2 amide bonds. The van der Waals surface area contributed by atoms with E-state index in [1.54, 1.807) is 4.90 Å². The fraction of sp³-hybridized carbons (Fsp3) is 0.467. The molecule has 1 aliphatic rings. The van der Waals surface area contributed by atoms with Crippen LogP contribution in [0, 0.1) is 5.92 Å². The van der Waals surface area contributed by atoms with Crippen LogP contribution in [0.4, 0.5) is 5.69 Å². The fourth-order valence-electron chi connectivity index (χ4n) is 2.40. The Morgan fingerprint density at radius 2 is 1.95 bits per heavy atom. The lowest BCUT2D eigenvalue weighted by atomic mass is 9.98. The van der Waals surface area contributed by atoms with Crippen molar-refractivity contribution in [3.05, 3.63) is 24.3 Å². The molecule has 1 heterocycles. The van der Waals surface area contributed by atoms with Gasteiger partial charge >= 0.3 is 0 Å². The molecule has 1 aromatic carbocycles. The minimum atomic E-state index is -0.464. The molecule has 1 aromatic rings. The van der Waals surface area contributed by atoms with E-state index in [2.05, 4.69) is 5.32 Å². The van der Waals surface area contributed by atoms with Crippen molar-refractivity contribution in [3.8, 4) is 5.75 Å². The zero-order valence-corrected chi connectivity index (χ0v) is 12.1. The van der Waals surface area contributed by atoms with Crippen molar-refractivity contribution in [2.45, 2.75) is 26.8 Å². The van der Waals surface area contributed by atoms with Crippen LogP contribution in [0.3, 0.4) is 0 Å². The molecule has 0 spiro atoms. The molecule has 1 N–H and O–H groups in total. The number of amides is 2. The summed E-state index contributed by atoms with van der Waals surface area (Å²) in [5.74, 6) is 0.609. The van der Waals surface area contributed by atoms with E-state index >= 15 is 0 Å². The molecule has 1 aliphatic heterocycles. The predicted molar refractivity (Wildman–Crippen MR) is 76.7 cm³/mol. The first-order chi connectivity index (χ1) is 9.54. The monoisotopic (exact) mass is 276 g/mol. The second kappa shape index (κ2) is 5.94. The molecular formula is C15H20N2O3. The fourth-order valence-corrected chi connectivity index (χ4v) is 2.40. The highest BCUT2D eigenvalue weighted by Gasteiger charge is 2.37. The molecule has 1 unspecified atom stereocenters. The Kier molecular flexibility index (Phi) is 4.27. The average molecular weight is 276 g/mol. The number of anilines is 1. The van der Waals surface area contributed by atoms with Gasteiger partial charge in [-0.3, -0.25) is 14.5 Å². The Labute approximate surface area is 118 Å². The highest BCUT2D eigenvalue weighted by Crippen LogP contribution is 2.25. The van der Waals surface area contributed by atoms with Crippen LogP contribution in [-0.4, -0.2) is 31.0 Å². The summed E-state index contributed by atoms with van der Waals surface area (Å²) in [6, 6.07) is 6.80. The largest absolute Gasteiger partial charge is 0.494 e. The lowest BCUT2D eigenvalue weighted by Gasteiger charge is -2.37. The van der Waals surface area contributed by atoms with Gasteiger partial charge in [0.15, 0.2) is 0 Å². The predicted octanol–water partition coefficient (Wildman–Crippen LogP) is 1.57. The molecule has 0 aliphatic carbocycles. The molecule has 108 valence electrons. The van der Waals surface area contributed by atoms with Gasteiger partial charge in [-0.2, -0.15) is 0 Å². The summed E-state index contributed by atoms with van der Waals surface area (Å²) < 4.78 is 5.39. The molecule has 1 atom stereocenters. The van der Waals surface area contributed by atoms with Crippen molar-refractivity contribution in [2.75, 3.05) is 18.1 Å². The van der Waals surface area contributed by atoms with E-state index in [1.165, 1.54) is 0 Å². The first-order valence-electron chi connectivity index (χ1n) is 6.87. The van der Waals surface area contributed by atoms with Crippen molar-refractivity contribution in [3.63, 3.8) is 0 Å². The van der Waals surface area contributed by atoms with Crippen LogP contribution in [0.25, 0.3) is 0 Å². The van der Waals surface area contributed by atoms with Crippen molar-refractivity contribution in [2.24, 2.45) is 5.92 Å². The SMILES string of the molecule is CCOc1ccc(N2C(=O)CNC(=O)C2C(C)C)cc1. The summed E-state index contributed by atoms with van der Waals surface area (Å²) in [7, 11) is 0. The Morgan fingerprint density at radius 3 is 2.50 bits per heavy atom. The molecule has 5 heteroatoms. The standard InChI is InChI=1S/C15H20N2O3/c1-4-20-12-7-5-11(6-8-12)17-13(18)9-16-15(19)14(17)10(2)3/h5-8,10,14H,4,9H2,1-3H3,(H,16,19). The van der Waals surface area contributed by atoms with E-state index in [0.717, 1.165) is 11.4 Å². The van der Waals surface area contributed by atoms with Gasteiger partial charge in [0.2, 0.25) is 11.8 Å². The van der Waals surface area contributed by atoms with E-state index in [9.17, 15) is 9.59 Å². The smallest absolute Gasteiger partial charge is 0.247 e. The quantitative estimate of drug-likeness (QED) is 0.908. The van der Waals surface area contributed by atoms with Gasteiger partial charge in [-0.1, -0.05) is 13.8 Å². The van der Waals surface area contributed by atoms with Crippen LogP contribution in [0.1, 0.15) is 20.8 Å². The molecule has 0 radical (unpaired) electrons. The number of piperazine rings is 1. The summed E-state index contributed by atoms with van der Waals surface area (Å²) in [6.45, 7) is 6.43. The number of carbonyl (C=O) groups is 2. The molecule has 20 heavy (non-hydrogen) atoms. The average Bonchev–Trinajstić information content (AvgIpc) is 2.42. The summed E-state index contributed by atoms with van der Waals surface area (Å²) in [6.07, 6.45) is 0. The maximum atomic E-state index is 12.1. The number of carbonyl (C=O) groups excluding carboxylic acids is 2. The molecule has 0 saturated carbocycles. The second-order valence-corrected chi connectivity index (χ2v) is 5.10. The lowest BCUT2D eigenvalue weighted by Crippen LogP contribution is -2.60. The number of nitrogens with zero attached hydrogens (tertiary/aromatic N) is 1. The van der Waals surface area contributed by atoms with E-state index in [-0.39, 0.29) is 24.3 Å². The third-order valence-electron chi connectivity index (χ3n) is 3.29. The topological polar surface area (TPSA) is 58.6 Å². The zero-order valence-electron chi connectivity index (χ0n) is 12.1. The van der Waals surface area contributed by atoms with E-state index < -0.39 is 6.04 Å². The van der Waals surface area contributed by atoms with Crippen LogP contribution in [0.15, 0.2) is 24.3 Å². The lowest BCUT2D eigenvalue weighted by molar-refractivity contribution is -0.131. The molecule has 0 bridgehead atoms. The number of hydrogen-bond donors (Lipinski definition) is 1. The highest BCUT2D eigenvalue weighted by molar-refractivity contribution is 6.06. The van der Waals surface area contributed by atoms with Crippen LogP contribution >= 0.6 is 0 Å². The summed E-state index contributed by atoms with van der Waals surface area (Å²) in [4.78, 5) is 25.7. The third kappa shape index (κ3) is 2.76. The van der Waals surface area contributed by atoms with Crippen molar-refractivity contribution < 1.29 is 14.3 Å². The maximum Gasteiger partial charge on any atom is 0.247 e. The first-order valence-corrected chi connectivity index (χ1v) is 6.87. The van der Waals surface area contributed by atoms with E-state index in [1.807, 2.05) is 45.0 Å². The summed E-state index contributed by atoms with van der Waals surface area (Å²) >= 11 is 0. The maximum absolute atomic E-state index is 12.1. The van der Waals surface area contributed by atoms with Gasteiger partial charge in [-0.25, -0.2) is 0 Å². The van der Waals surface area contributed by atoms with Gasteiger partial charge in [-0.05, 0) is 37.1 Å². The van der Waals surface area contributed by atoms with Gasteiger partial charge in [0.05, 0.1) is 13.2 Å². The van der Waals surface area contributed by atoms with Crippen LogP contribution in [0.2, 0.25) is 0 Å². The summed E-state index contributed by atoms with van der Waals surface area (Å²) in [5.41, 5.74) is 0.729. The number of rotatable bonds is 4. The zero-order chi connectivity index (χ0) is 14.7. The number of benzene rings is 1. The minimum absolute atomic E-state index is 0.0471. The highest BCUT2D eigenvalue weighted by atomic mass is 16.5. The van der Waals surface area contributed by atoms with Gasteiger partial charge in [0.1, 0.15) is 11.8 Å². The number of ether oxygens (including phenoxy) is 1. The number of hydrogen-bond acceptors (Lipinski definition) is 3. The molecule has 5 nitrogen and oxygen atoms in total. The molecule has 1 fully saturated rings. The third-order valence-corrected chi connectivity index (χ3v) is 3.29. The number of nitrogens with one attached hydrogen (secondary N) is 1. The normalized spacial score (nSPS) is 19.2. The minimum Gasteiger partial charge on any atom is -0.494 e. The Morgan fingerprint density at radius 1 is 1.30 bits per heavy atom. The Hall–Kier alpha value is -2.04. The molecule has 0 aromatic heterocycles. The molecule has 2 rings (SSSR count). The Bertz CT molecular complexity index is 496. The van der Waals surface area contributed by atoms with Gasteiger partial charge in [0.25, 0.3) is 0 Å². The molecule has 1 saturated heterocycles. The van der Waals surface area contributed by atoms with Gasteiger partial charge in [-0.15, -0.1) is 0 Å². The molecular weight excluding hydrogens is 256 g/mol. The van der Waals surface area contributed by atoms with Crippen molar-refractivity contribution >= 4 is 17.5 Å². The Balaban J connectivity index is 2.30. The van der Waals surface area contributed by atoms with Crippen LogP contribution in [-0.2, 0) is 9.59 Å². The van der Waals surface area contributed by atoms with Gasteiger partial charge in [0, 0.05) is 5.69 Å². The second-order valence-electron chi connectivity index (χ2n) is 5.10.